The van der Waals surface area contributed by atoms with Crippen LogP contribution in [-0.2, 0) is 9.59 Å². The van der Waals surface area contributed by atoms with Gasteiger partial charge in [-0.25, -0.2) is 0 Å². The van der Waals surface area contributed by atoms with E-state index in [1.807, 2.05) is 13.8 Å². The molecule has 0 saturated heterocycles. The predicted molar refractivity (Wildman–Crippen MR) is 77.9 cm³/mol. The molecule has 0 saturated carbocycles. The van der Waals surface area contributed by atoms with Gasteiger partial charge in [0, 0.05) is 32.1 Å². The van der Waals surface area contributed by atoms with Gasteiger partial charge in [-0.05, 0) is 26.7 Å². The van der Waals surface area contributed by atoms with E-state index in [1.54, 1.807) is 7.05 Å². The lowest BCUT2D eigenvalue weighted by molar-refractivity contribution is -0.134. The average Bonchev–Trinajstić information content (AvgIpc) is 2.24. The van der Waals surface area contributed by atoms with Crippen LogP contribution < -0.4 is 10.6 Å². The molecule has 0 heterocycles. The summed E-state index contributed by atoms with van der Waals surface area (Å²) < 4.78 is 0. The number of amides is 2. The van der Waals surface area contributed by atoms with E-state index >= 15 is 0 Å². The summed E-state index contributed by atoms with van der Waals surface area (Å²) in [5.74, 6) is 0.297. The van der Waals surface area contributed by atoms with Crippen LogP contribution in [0.5, 0.6) is 0 Å². The molecular formula is C14H29N3O2. The highest BCUT2D eigenvalue weighted by atomic mass is 16.2. The third-order valence-corrected chi connectivity index (χ3v) is 2.51. The maximum absolute atomic E-state index is 11.8. The molecule has 0 aromatic rings. The van der Waals surface area contributed by atoms with E-state index in [1.165, 1.54) is 4.90 Å². The smallest absolute Gasteiger partial charge is 0.239 e. The minimum absolute atomic E-state index is 0.00743. The predicted octanol–water partition coefficient (Wildman–Crippen LogP) is 0.995. The third-order valence-electron chi connectivity index (χ3n) is 2.51. The minimum atomic E-state index is -0.103. The van der Waals surface area contributed by atoms with Crippen molar-refractivity contribution in [3.05, 3.63) is 0 Å². The normalized spacial score (nSPS) is 11.5. The van der Waals surface area contributed by atoms with Crippen LogP contribution in [0.1, 0.15) is 41.0 Å². The van der Waals surface area contributed by atoms with Gasteiger partial charge in [0.25, 0.3) is 0 Å². The molecule has 112 valence electrons. The van der Waals surface area contributed by atoms with Crippen molar-refractivity contribution < 1.29 is 9.59 Å². The van der Waals surface area contributed by atoms with E-state index in [0.29, 0.717) is 25.4 Å². The molecule has 2 amide bonds. The molecule has 0 aliphatic rings. The summed E-state index contributed by atoms with van der Waals surface area (Å²) in [4.78, 5) is 24.9. The fourth-order valence-electron chi connectivity index (χ4n) is 1.41. The molecule has 0 unspecified atom stereocenters. The van der Waals surface area contributed by atoms with Crippen molar-refractivity contribution in [3.8, 4) is 0 Å². The Hall–Kier alpha value is -1.10. The van der Waals surface area contributed by atoms with Gasteiger partial charge in [-0.15, -0.1) is 0 Å². The first kappa shape index (κ1) is 17.9. The number of carbonyl (C=O) groups is 2. The Morgan fingerprint density at radius 3 is 2.26 bits per heavy atom. The highest BCUT2D eigenvalue weighted by Crippen LogP contribution is 1.99. The lowest BCUT2D eigenvalue weighted by Gasteiger charge is -2.22. The molecule has 5 heteroatoms. The Morgan fingerprint density at radius 2 is 1.79 bits per heavy atom. The maximum atomic E-state index is 11.8. The summed E-state index contributed by atoms with van der Waals surface area (Å²) in [5, 5.41) is 6.05. The lowest BCUT2D eigenvalue weighted by atomic mass is 10.1. The Bertz CT molecular complexity index is 296. The van der Waals surface area contributed by atoms with Crippen LogP contribution in [0.25, 0.3) is 0 Å². The second-order valence-electron chi connectivity index (χ2n) is 6.37. The molecule has 0 atom stereocenters. The second kappa shape index (κ2) is 8.15. The quantitative estimate of drug-likeness (QED) is 0.726. The number of hydrogen-bond donors (Lipinski definition) is 2. The number of rotatable bonds is 7. The molecule has 0 radical (unpaired) electrons. The van der Waals surface area contributed by atoms with E-state index < -0.39 is 0 Å². The fourth-order valence-corrected chi connectivity index (χ4v) is 1.41. The highest BCUT2D eigenvalue weighted by molar-refractivity contribution is 5.84. The first-order valence-corrected chi connectivity index (χ1v) is 6.87. The van der Waals surface area contributed by atoms with E-state index in [-0.39, 0.29) is 23.9 Å². The molecule has 5 nitrogen and oxygen atoms in total. The highest BCUT2D eigenvalue weighted by Gasteiger charge is 2.14. The van der Waals surface area contributed by atoms with Gasteiger partial charge in [-0.2, -0.15) is 0 Å². The molecule has 2 N–H and O–H groups in total. The molecule has 0 aliphatic carbocycles. The Kier molecular flexibility index (Phi) is 7.68. The van der Waals surface area contributed by atoms with Crippen LogP contribution in [0.2, 0.25) is 0 Å². The van der Waals surface area contributed by atoms with Crippen molar-refractivity contribution in [3.63, 3.8) is 0 Å². The van der Waals surface area contributed by atoms with Crippen molar-refractivity contribution in [1.82, 2.24) is 15.5 Å². The van der Waals surface area contributed by atoms with Gasteiger partial charge in [0.15, 0.2) is 0 Å². The molecule has 0 spiro atoms. The maximum Gasteiger partial charge on any atom is 0.239 e. The lowest BCUT2D eigenvalue weighted by Crippen LogP contribution is -2.42. The Balaban J connectivity index is 3.90. The largest absolute Gasteiger partial charge is 0.354 e. The van der Waals surface area contributed by atoms with E-state index in [9.17, 15) is 9.59 Å². The summed E-state index contributed by atoms with van der Waals surface area (Å²) in [6.45, 7) is 11.6. The summed E-state index contributed by atoms with van der Waals surface area (Å²) in [5.41, 5.74) is 0.00743. The van der Waals surface area contributed by atoms with Gasteiger partial charge >= 0.3 is 0 Å². The molecule has 0 rings (SSSR count). The Morgan fingerprint density at radius 1 is 1.21 bits per heavy atom. The molecule has 0 aromatic carbocycles. The fraction of sp³-hybridized carbons (Fsp3) is 0.857. The van der Waals surface area contributed by atoms with Gasteiger partial charge in [0.05, 0.1) is 6.54 Å². The topological polar surface area (TPSA) is 61.4 Å². The molecule has 19 heavy (non-hydrogen) atoms. The zero-order chi connectivity index (χ0) is 15.1. The summed E-state index contributed by atoms with van der Waals surface area (Å²) >= 11 is 0. The van der Waals surface area contributed by atoms with Crippen LogP contribution in [0.3, 0.4) is 0 Å². The van der Waals surface area contributed by atoms with Crippen molar-refractivity contribution in [2.24, 2.45) is 5.92 Å². The number of likely N-dealkylation sites (N-methyl/N-ethyl adjacent to an activating group) is 1. The molecule has 0 bridgehead atoms. The Labute approximate surface area is 117 Å². The van der Waals surface area contributed by atoms with Gasteiger partial charge in [-0.1, -0.05) is 13.8 Å². The monoisotopic (exact) mass is 271 g/mol. The molecular weight excluding hydrogens is 242 g/mol. The first-order chi connectivity index (χ1) is 8.61. The van der Waals surface area contributed by atoms with Gasteiger partial charge in [0.1, 0.15) is 0 Å². The van der Waals surface area contributed by atoms with Gasteiger partial charge < -0.3 is 15.5 Å². The standard InChI is InChI=1S/C14H29N3O2/c1-11(2)9-15-12(18)10-17(6)13(19)7-8-16-14(3,4)5/h11,16H,7-10H2,1-6H3,(H,15,18). The van der Waals surface area contributed by atoms with E-state index in [2.05, 4.69) is 31.4 Å². The zero-order valence-corrected chi connectivity index (χ0v) is 13.2. The summed E-state index contributed by atoms with van der Waals surface area (Å²) in [6.07, 6.45) is 0.408. The summed E-state index contributed by atoms with van der Waals surface area (Å²) in [6, 6.07) is 0. The second-order valence-corrected chi connectivity index (χ2v) is 6.37. The number of carbonyl (C=O) groups excluding carboxylic acids is 2. The van der Waals surface area contributed by atoms with Crippen molar-refractivity contribution in [2.45, 2.75) is 46.6 Å². The van der Waals surface area contributed by atoms with E-state index in [0.717, 1.165) is 0 Å². The first-order valence-electron chi connectivity index (χ1n) is 6.87. The van der Waals surface area contributed by atoms with Crippen LogP contribution >= 0.6 is 0 Å². The molecule has 0 fully saturated rings. The van der Waals surface area contributed by atoms with Crippen LogP contribution in [0.15, 0.2) is 0 Å². The van der Waals surface area contributed by atoms with Crippen molar-refractivity contribution in [2.75, 3.05) is 26.7 Å². The van der Waals surface area contributed by atoms with E-state index in [4.69, 9.17) is 0 Å². The van der Waals surface area contributed by atoms with Crippen LogP contribution in [0, 0.1) is 5.92 Å². The number of hydrogen-bond acceptors (Lipinski definition) is 3. The SMILES string of the molecule is CC(C)CNC(=O)CN(C)C(=O)CCNC(C)(C)C. The zero-order valence-electron chi connectivity index (χ0n) is 13.2. The third kappa shape index (κ3) is 10.5. The minimum Gasteiger partial charge on any atom is -0.354 e. The average molecular weight is 271 g/mol. The van der Waals surface area contributed by atoms with Crippen molar-refractivity contribution >= 4 is 11.8 Å². The van der Waals surface area contributed by atoms with Crippen LogP contribution in [0.4, 0.5) is 0 Å². The molecule has 0 aliphatic heterocycles. The number of nitrogens with one attached hydrogen (secondary N) is 2. The van der Waals surface area contributed by atoms with Crippen molar-refractivity contribution in [1.29, 1.82) is 0 Å². The van der Waals surface area contributed by atoms with Crippen LogP contribution in [-0.4, -0.2) is 48.9 Å². The number of nitrogens with zero attached hydrogens (tertiary/aromatic N) is 1. The molecule has 0 aromatic heterocycles. The van der Waals surface area contributed by atoms with Gasteiger partial charge in [0.2, 0.25) is 11.8 Å². The van der Waals surface area contributed by atoms with Gasteiger partial charge in [-0.3, -0.25) is 9.59 Å². The summed E-state index contributed by atoms with van der Waals surface area (Å²) in [7, 11) is 1.66.